The number of ether oxygens (including phenoxy) is 1. The molecule has 2 heterocycles. The lowest BCUT2D eigenvalue weighted by molar-refractivity contribution is 0.0589. The molecule has 0 N–H and O–H groups in total. The van der Waals surface area contributed by atoms with E-state index in [0.29, 0.717) is 10.9 Å². The average Bonchev–Trinajstić information content (AvgIpc) is 2.69. The molecule has 1 atom stereocenters. The fraction of sp³-hybridized carbons (Fsp3) is 0.308. The molecular formula is C13H13NO2S. The number of hydrogen-bond donors (Lipinski definition) is 0. The van der Waals surface area contributed by atoms with Crippen LogP contribution in [0.3, 0.4) is 0 Å². The first-order valence-corrected chi connectivity index (χ1v) is 6.46. The van der Waals surface area contributed by atoms with E-state index in [4.69, 9.17) is 4.74 Å². The summed E-state index contributed by atoms with van der Waals surface area (Å²) < 4.78 is 6.92. The maximum Gasteiger partial charge on any atom is 0.354 e. The zero-order valence-corrected chi connectivity index (χ0v) is 10.6. The average molecular weight is 247 g/mol. The van der Waals surface area contributed by atoms with Gasteiger partial charge in [-0.2, -0.15) is 0 Å². The summed E-state index contributed by atoms with van der Waals surface area (Å²) in [5.41, 5.74) is 1.82. The highest BCUT2D eigenvalue weighted by Gasteiger charge is 2.24. The van der Waals surface area contributed by atoms with Gasteiger partial charge in [-0.1, -0.05) is 19.1 Å². The molecule has 88 valence electrons. The molecule has 0 aliphatic carbocycles. The van der Waals surface area contributed by atoms with Crippen LogP contribution in [0.4, 0.5) is 0 Å². The van der Waals surface area contributed by atoms with Gasteiger partial charge in [0, 0.05) is 22.1 Å². The number of aromatic nitrogens is 1. The minimum absolute atomic E-state index is 0.258. The number of carbonyl (C=O) groups is 1. The van der Waals surface area contributed by atoms with Crippen molar-refractivity contribution < 1.29 is 9.53 Å². The van der Waals surface area contributed by atoms with Gasteiger partial charge >= 0.3 is 5.97 Å². The quantitative estimate of drug-likeness (QED) is 0.726. The number of para-hydroxylation sites is 1. The Morgan fingerprint density at radius 2 is 2.35 bits per heavy atom. The van der Waals surface area contributed by atoms with Gasteiger partial charge in [-0.05, 0) is 12.1 Å². The maximum absolute atomic E-state index is 11.8. The van der Waals surface area contributed by atoms with Crippen molar-refractivity contribution in [3.63, 3.8) is 0 Å². The molecule has 0 radical (unpaired) electrons. The zero-order valence-electron chi connectivity index (χ0n) is 9.77. The van der Waals surface area contributed by atoms with E-state index in [1.165, 1.54) is 12.0 Å². The number of thioether (sulfide) groups is 1. The molecule has 0 fully saturated rings. The van der Waals surface area contributed by atoms with Gasteiger partial charge in [-0.25, -0.2) is 4.79 Å². The Morgan fingerprint density at radius 3 is 3.12 bits per heavy atom. The number of hydrogen-bond acceptors (Lipinski definition) is 3. The first kappa shape index (κ1) is 10.7. The van der Waals surface area contributed by atoms with E-state index in [1.54, 1.807) is 0 Å². The number of carbonyl (C=O) groups excluding carboxylic acids is 1. The highest BCUT2D eigenvalue weighted by atomic mass is 32.2. The highest BCUT2D eigenvalue weighted by Crippen LogP contribution is 2.38. The van der Waals surface area contributed by atoms with Gasteiger partial charge < -0.3 is 9.30 Å². The molecule has 3 nitrogen and oxygen atoms in total. The normalized spacial score (nSPS) is 18.4. The van der Waals surface area contributed by atoms with E-state index in [9.17, 15) is 4.79 Å². The smallest absolute Gasteiger partial charge is 0.354 e. The second-order valence-corrected chi connectivity index (χ2v) is 5.73. The summed E-state index contributed by atoms with van der Waals surface area (Å²) in [6.45, 7) is 3.03. The first-order chi connectivity index (χ1) is 8.20. The Balaban J connectivity index is 2.31. The fourth-order valence-electron chi connectivity index (χ4n) is 2.36. The van der Waals surface area contributed by atoms with Crippen LogP contribution in [0.5, 0.6) is 0 Å². The standard InChI is InChI=1S/C13H13NO2S/c1-8-7-14-10(13(15)16-2)6-9-4-3-5-11(17-8)12(9)14/h3-6,8H,7H2,1-2H3/t8-/m1/s1. The Labute approximate surface area is 104 Å². The summed E-state index contributed by atoms with van der Waals surface area (Å²) in [6, 6.07) is 8.11. The van der Waals surface area contributed by atoms with Crippen molar-refractivity contribution in [3.05, 3.63) is 30.0 Å². The lowest BCUT2D eigenvalue weighted by atomic mass is 10.2. The summed E-state index contributed by atoms with van der Waals surface area (Å²) in [4.78, 5) is 13.0. The molecular weight excluding hydrogens is 234 g/mol. The molecule has 2 aromatic rings. The van der Waals surface area contributed by atoms with E-state index in [0.717, 1.165) is 17.4 Å². The molecule has 0 bridgehead atoms. The van der Waals surface area contributed by atoms with Gasteiger partial charge in [-0.3, -0.25) is 0 Å². The Kier molecular flexibility index (Phi) is 2.40. The molecule has 0 saturated heterocycles. The molecule has 0 amide bonds. The molecule has 0 unspecified atom stereocenters. The van der Waals surface area contributed by atoms with Crippen LogP contribution >= 0.6 is 11.8 Å². The number of methoxy groups -OCH3 is 1. The summed E-state index contributed by atoms with van der Waals surface area (Å²) in [7, 11) is 1.43. The maximum atomic E-state index is 11.8. The van der Waals surface area contributed by atoms with E-state index < -0.39 is 0 Å². The van der Waals surface area contributed by atoms with Crippen molar-refractivity contribution in [1.29, 1.82) is 0 Å². The molecule has 0 spiro atoms. The third-order valence-corrected chi connectivity index (χ3v) is 4.18. The van der Waals surface area contributed by atoms with Gasteiger partial charge in [0.1, 0.15) is 5.69 Å². The Morgan fingerprint density at radius 1 is 1.53 bits per heavy atom. The third kappa shape index (κ3) is 1.55. The van der Waals surface area contributed by atoms with Crippen LogP contribution in [0.2, 0.25) is 0 Å². The second kappa shape index (κ2) is 3.81. The minimum Gasteiger partial charge on any atom is -0.464 e. The fourth-order valence-corrected chi connectivity index (χ4v) is 3.51. The predicted octanol–water partition coefficient (Wildman–Crippen LogP) is 2.92. The van der Waals surface area contributed by atoms with Crippen molar-refractivity contribution >= 4 is 28.6 Å². The monoisotopic (exact) mass is 247 g/mol. The Bertz CT molecular complexity index is 603. The van der Waals surface area contributed by atoms with Crippen molar-refractivity contribution in [2.45, 2.75) is 23.6 Å². The number of esters is 1. The molecule has 0 saturated carbocycles. The van der Waals surface area contributed by atoms with Crippen molar-refractivity contribution in [2.75, 3.05) is 7.11 Å². The largest absolute Gasteiger partial charge is 0.464 e. The molecule has 1 aliphatic heterocycles. The number of benzene rings is 1. The Hall–Kier alpha value is -1.42. The van der Waals surface area contributed by atoms with Crippen LogP contribution in [-0.4, -0.2) is 22.9 Å². The van der Waals surface area contributed by atoms with Crippen LogP contribution in [-0.2, 0) is 11.3 Å². The molecule has 1 aromatic carbocycles. The molecule has 3 rings (SSSR count). The minimum atomic E-state index is -0.258. The first-order valence-electron chi connectivity index (χ1n) is 5.58. The van der Waals surface area contributed by atoms with E-state index in [1.807, 2.05) is 30.0 Å². The topological polar surface area (TPSA) is 31.2 Å². The van der Waals surface area contributed by atoms with Crippen LogP contribution in [0.15, 0.2) is 29.2 Å². The van der Waals surface area contributed by atoms with Crippen LogP contribution in [0.25, 0.3) is 10.9 Å². The van der Waals surface area contributed by atoms with Gasteiger partial charge in [0.25, 0.3) is 0 Å². The lowest BCUT2D eigenvalue weighted by Crippen LogP contribution is -2.18. The van der Waals surface area contributed by atoms with E-state index in [-0.39, 0.29) is 5.97 Å². The van der Waals surface area contributed by atoms with E-state index >= 15 is 0 Å². The summed E-state index contributed by atoms with van der Waals surface area (Å²) in [6.07, 6.45) is 0. The van der Waals surface area contributed by atoms with Crippen molar-refractivity contribution in [3.8, 4) is 0 Å². The zero-order chi connectivity index (χ0) is 12.0. The SMILES string of the molecule is COC(=O)c1cc2cccc3c2n1C[C@@H](C)S3. The van der Waals surface area contributed by atoms with E-state index in [2.05, 4.69) is 17.6 Å². The van der Waals surface area contributed by atoms with Crippen molar-refractivity contribution in [1.82, 2.24) is 4.57 Å². The second-order valence-electron chi connectivity index (χ2n) is 4.25. The van der Waals surface area contributed by atoms with Crippen molar-refractivity contribution in [2.24, 2.45) is 0 Å². The van der Waals surface area contributed by atoms with Gasteiger partial charge in [0.2, 0.25) is 0 Å². The lowest BCUT2D eigenvalue weighted by Gasteiger charge is -2.22. The highest BCUT2D eigenvalue weighted by molar-refractivity contribution is 8.00. The molecule has 1 aromatic heterocycles. The van der Waals surface area contributed by atoms with Gasteiger partial charge in [-0.15, -0.1) is 11.8 Å². The third-order valence-electron chi connectivity index (χ3n) is 3.05. The number of nitrogens with zero attached hydrogens (tertiary/aromatic N) is 1. The van der Waals surface area contributed by atoms with Crippen LogP contribution < -0.4 is 0 Å². The van der Waals surface area contributed by atoms with Crippen LogP contribution in [0.1, 0.15) is 17.4 Å². The predicted molar refractivity (Wildman–Crippen MR) is 68.6 cm³/mol. The van der Waals surface area contributed by atoms with Gasteiger partial charge in [0.05, 0.1) is 12.6 Å². The summed E-state index contributed by atoms with van der Waals surface area (Å²) in [5, 5.41) is 1.59. The van der Waals surface area contributed by atoms with Gasteiger partial charge in [0.15, 0.2) is 0 Å². The number of rotatable bonds is 1. The summed E-state index contributed by atoms with van der Waals surface area (Å²) in [5.74, 6) is -0.258. The van der Waals surface area contributed by atoms with Crippen LogP contribution in [0, 0.1) is 0 Å². The molecule has 1 aliphatic rings. The molecule has 4 heteroatoms. The molecule has 17 heavy (non-hydrogen) atoms. The summed E-state index contributed by atoms with van der Waals surface area (Å²) >= 11 is 1.86.